The van der Waals surface area contributed by atoms with E-state index in [1.807, 2.05) is 6.07 Å². The average Bonchev–Trinajstić information content (AvgIpc) is 3.10. The van der Waals surface area contributed by atoms with Gasteiger partial charge in [0.25, 0.3) is 5.91 Å². The van der Waals surface area contributed by atoms with E-state index in [1.165, 1.54) is 0 Å². The van der Waals surface area contributed by atoms with Gasteiger partial charge in [0.05, 0.1) is 17.4 Å². The van der Waals surface area contributed by atoms with Crippen molar-refractivity contribution in [2.75, 3.05) is 11.9 Å². The minimum absolute atomic E-state index is 0.407. The number of hydrogen-bond donors (Lipinski definition) is 1. The number of esters is 1. The first kappa shape index (κ1) is 16.8. The van der Waals surface area contributed by atoms with E-state index in [0.717, 1.165) is 11.7 Å². The fourth-order valence-corrected chi connectivity index (χ4v) is 2.65. The molecular formula is C17H15N3O4S. The zero-order valence-corrected chi connectivity index (χ0v) is 14.2. The molecule has 3 aromatic rings. The predicted octanol–water partition coefficient (Wildman–Crippen LogP) is 2.64. The Kier molecular flexibility index (Phi) is 5.20. The highest BCUT2D eigenvalue weighted by Gasteiger charge is 2.18. The van der Waals surface area contributed by atoms with E-state index in [0.29, 0.717) is 22.5 Å². The molecule has 1 atom stereocenters. The van der Waals surface area contributed by atoms with Crippen molar-refractivity contribution in [2.24, 2.45) is 0 Å². The molecule has 0 aliphatic carbocycles. The SMILES string of the molecule is C[C@H](Oc1ccccc1)C(=O)OCC(=O)Nc1cccc2nsnc12. The first-order chi connectivity index (χ1) is 12.1. The second kappa shape index (κ2) is 7.71. The van der Waals surface area contributed by atoms with Gasteiger partial charge < -0.3 is 14.8 Å². The Morgan fingerprint density at radius 1 is 1.12 bits per heavy atom. The van der Waals surface area contributed by atoms with Crippen LogP contribution < -0.4 is 10.1 Å². The van der Waals surface area contributed by atoms with E-state index in [2.05, 4.69) is 14.1 Å². The largest absolute Gasteiger partial charge is 0.479 e. The molecule has 0 saturated carbocycles. The molecule has 8 heteroatoms. The lowest BCUT2D eigenvalue weighted by Gasteiger charge is -2.13. The van der Waals surface area contributed by atoms with E-state index in [1.54, 1.807) is 49.4 Å². The summed E-state index contributed by atoms with van der Waals surface area (Å²) in [6.07, 6.45) is -0.818. The second-order valence-electron chi connectivity index (χ2n) is 5.17. The smallest absolute Gasteiger partial charge is 0.347 e. The molecule has 0 radical (unpaired) electrons. The molecule has 1 heterocycles. The summed E-state index contributed by atoms with van der Waals surface area (Å²) >= 11 is 1.06. The van der Waals surface area contributed by atoms with Crippen LogP contribution in [0.1, 0.15) is 6.92 Å². The Morgan fingerprint density at radius 3 is 2.72 bits per heavy atom. The molecule has 0 unspecified atom stereocenters. The minimum Gasteiger partial charge on any atom is -0.479 e. The van der Waals surface area contributed by atoms with E-state index >= 15 is 0 Å². The van der Waals surface area contributed by atoms with Gasteiger partial charge in [0, 0.05) is 0 Å². The number of nitrogens with zero attached hydrogens (tertiary/aromatic N) is 2. The third-order valence-corrected chi connectivity index (χ3v) is 3.84. The number of nitrogens with one attached hydrogen (secondary N) is 1. The van der Waals surface area contributed by atoms with Crippen molar-refractivity contribution in [3.8, 4) is 5.75 Å². The first-order valence-electron chi connectivity index (χ1n) is 7.53. The molecule has 1 N–H and O–H groups in total. The number of fused-ring (bicyclic) bond motifs is 1. The summed E-state index contributed by atoms with van der Waals surface area (Å²) < 4.78 is 18.7. The van der Waals surface area contributed by atoms with Gasteiger partial charge in [-0.1, -0.05) is 24.3 Å². The summed E-state index contributed by atoms with van der Waals surface area (Å²) in [5.74, 6) is -0.521. The molecule has 128 valence electrons. The number of benzene rings is 2. The highest BCUT2D eigenvalue weighted by molar-refractivity contribution is 7.00. The Hall–Kier alpha value is -3.00. The third kappa shape index (κ3) is 4.30. The lowest BCUT2D eigenvalue weighted by Crippen LogP contribution is -2.29. The zero-order chi connectivity index (χ0) is 17.6. The molecule has 3 rings (SSSR count). The Balaban J connectivity index is 1.51. The average molecular weight is 357 g/mol. The fraction of sp³-hybridized carbons (Fsp3) is 0.176. The summed E-state index contributed by atoms with van der Waals surface area (Å²) in [4.78, 5) is 23.9. The van der Waals surface area contributed by atoms with Crippen molar-refractivity contribution < 1.29 is 19.1 Å². The van der Waals surface area contributed by atoms with Gasteiger partial charge in [-0.15, -0.1) is 0 Å². The van der Waals surface area contributed by atoms with Crippen LogP contribution in [0.3, 0.4) is 0 Å². The number of para-hydroxylation sites is 1. The maximum atomic E-state index is 12.0. The van der Waals surface area contributed by atoms with Crippen LogP contribution in [0.25, 0.3) is 11.0 Å². The van der Waals surface area contributed by atoms with E-state index in [-0.39, 0.29) is 0 Å². The molecule has 0 aliphatic heterocycles. The molecule has 1 aromatic heterocycles. The van der Waals surface area contributed by atoms with Crippen LogP contribution in [-0.2, 0) is 14.3 Å². The van der Waals surface area contributed by atoms with Gasteiger partial charge in [-0.05, 0) is 31.2 Å². The van der Waals surface area contributed by atoms with Crippen LogP contribution in [-0.4, -0.2) is 33.3 Å². The number of carbonyl (C=O) groups excluding carboxylic acids is 2. The van der Waals surface area contributed by atoms with Gasteiger partial charge in [0.2, 0.25) is 0 Å². The van der Waals surface area contributed by atoms with Gasteiger partial charge in [-0.2, -0.15) is 8.75 Å². The van der Waals surface area contributed by atoms with E-state index in [4.69, 9.17) is 9.47 Å². The number of anilines is 1. The predicted molar refractivity (Wildman–Crippen MR) is 93.5 cm³/mol. The van der Waals surface area contributed by atoms with Gasteiger partial charge >= 0.3 is 5.97 Å². The Bertz CT molecular complexity index is 882. The number of hydrogen-bond acceptors (Lipinski definition) is 7. The number of ether oxygens (including phenoxy) is 2. The van der Waals surface area contributed by atoms with Crippen molar-refractivity contribution >= 4 is 40.3 Å². The number of carbonyl (C=O) groups is 2. The van der Waals surface area contributed by atoms with Crippen LogP contribution in [0.15, 0.2) is 48.5 Å². The third-order valence-electron chi connectivity index (χ3n) is 3.29. The van der Waals surface area contributed by atoms with Gasteiger partial charge in [-0.25, -0.2) is 4.79 Å². The maximum absolute atomic E-state index is 12.0. The van der Waals surface area contributed by atoms with E-state index in [9.17, 15) is 9.59 Å². The van der Waals surface area contributed by atoms with Crippen molar-refractivity contribution in [1.82, 2.24) is 8.75 Å². The van der Waals surface area contributed by atoms with Crippen LogP contribution in [0.2, 0.25) is 0 Å². The van der Waals surface area contributed by atoms with E-state index < -0.39 is 24.6 Å². The molecule has 0 bridgehead atoms. The maximum Gasteiger partial charge on any atom is 0.347 e. The molecule has 25 heavy (non-hydrogen) atoms. The molecule has 7 nitrogen and oxygen atoms in total. The number of aromatic nitrogens is 2. The molecule has 2 aromatic carbocycles. The summed E-state index contributed by atoms with van der Waals surface area (Å²) in [6.45, 7) is 1.16. The normalized spacial score (nSPS) is 11.7. The molecule has 0 fully saturated rings. The van der Waals surface area contributed by atoms with Crippen molar-refractivity contribution in [3.63, 3.8) is 0 Å². The second-order valence-corrected chi connectivity index (χ2v) is 5.69. The highest BCUT2D eigenvalue weighted by atomic mass is 32.1. The lowest BCUT2D eigenvalue weighted by atomic mass is 10.2. The van der Waals surface area contributed by atoms with Crippen molar-refractivity contribution in [3.05, 3.63) is 48.5 Å². The molecule has 1 amide bonds. The molecule has 0 aliphatic rings. The first-order valence-corrected chi connectivity index (χ1v) is 8.26. The van der Waals surface area contributed by atoms with Crippen molar-refractivity contribution in [2.45, 2.75) is 13.0 Å². The fourth-order valence-electron chi connectivity index (χ4n) is 2.10. The standard InChI is InChI=1S/C17H15N3O4S/c1-11(24-12-6-3-2-4-7-12)17(22)23-10-15(21)18-13-8-5-9-14-16(13)20-25-19-14/h2-9,11H,10H2,1H3,(H,18,21)/t11-/m0/s1. The summed E-state index contributed by atoms with van der Waals surface area (Å²) in [7, 11) is 0. The lowest BCUT2D eigenvalue weighted by molar-refractivity contribution is -0.153. The monoisotopic (exact) mass is 357 g/mol. The summed E-state index contributed by atoms with van der Waals surface area (Å²) in [5.41, 5.74) is 1.83. The molecule has 0 spiro atoms. The quantitative estimate of drug-likeness (QED) is 0.682. The zero-order valence-electron chi connectivity index (χ0n) is 13.3. The minimum atomic E-state index is -0.818. The Labute approximate surface area is 147 Å². The Morgan fingerprint density at radius 2 is 1.92 bits per heavy atom. The van der Waals surface area contributed by atoms with Gasteiger partial charge in [0.15, 0.2) is 12.7 Å². The summed E-state index contributed by atoms with van der Waals surface area (Å²) in [5, 5.41) is 2.66. The molecular weight excluding hydrogens is 342 g/mol. The highest BCUT2D eigenvalue weighted by Crippen LogP contribution is 2.21. The van der Waals surface area contributed by atoms with Crippen LogP contribution >= 0.6 is 11.7 Å². The van der Waals surface area contributed by atoms with Crippen molar-refractivity contribution in [1.29, 1.82) is 0 Å². The molecule has 0 saturated heterocycles. The number of rotatable bonds is 6. The number of amides is 1. The van der Waals surface area contributed by atoms with Crippen LogP contribution in [0, 0.1) is 0 Å². The van der Waals surface area contributed by atoms with Gasteiger partial charge in [0.1, 0.15) is 16.8 Å². The topological polar surface area (TPSA) is 90.4 Å². The van der Waals surface area contributed by atoms with Crippen LogP contribution in [0.4, 0.5) is 5.69 Å². The summed E-state index contributed by atoms with van der Waals surface area (Å²) in [6, 6.07) is 14.2. The van der Waals surface area contributed by atoms with Gasteiger partial charge in [-0.3, -0.25) is 4.79 Å². The van der Waals surface area contributed by atoms with Crippen LogP contribution in [0.5, 0.6) is 5.75 Å².